The van der Waals surface area contributed by atoms with E-state index in [4.69, 9.17) is 5.41 Å². The maximum Gasteiger partial charge on any atom is 0.0856 e. The van der Waals surface area contributed by atoms with E-state index in [1.54, 1.807) is 17.3 Å². The number of rotatable bonds is 7. The summed E-state index contributed by atoms with van der Waals surface area (Å²) >= 11 is 0. The molecule has 14 heavy (non-hydrogen) atoms. The zero-order valence-electron chi connectivity index (χ0n) is 8.83. The fourth-order valence-corrected chi connectivity index (χ4v) is 0.684. The summed E-state index contributed by atoms with van der Waals surface area (Å²) in [4.78, 5) is 5.83. The Morgan fingerprint density at radius 1 is 1.64 bits per heavy atom. The lowest BCUT2D eigenvalue weighted by Crippen LogP contribution is -2.13. The topological polar surface area (TPSA) is 51.5 Å². The Kier molecular flexibility index (Phi) is 7.13. The molecule has 0 amide bonds. The van der Waals surface area contributed by atoms with Crippen molar-refractivity contribution in [2.45, 2.75) is 6.92 Å². The monoisotopic (exact) mass is 194 g/mol. The van der Waals surface area contributed by atoms with Gasteiger partial charge >= 0.3 is 0 Å². The Labute approximate surface area is 85.5 Å². The van der Waals surface area contributed by atoms with E-state index in [-0.39, 0.29) is 0 Å². The van der Waals surface area contributed by atoms with Gasteiger partial charge in [-0.05, 0) is 13.0 Å². The van der Waals surface area contributed by atoms with E-state index >= 15 is 0 Å². The van der Waals surface area contributed by atoms with E-state index in [1.807, 2.05) is 20.0 Å². The summed E-state index contributed by atoms with van der Waals surface area (Å²) in [5, 5.41) is 9.96. The fourth-order valence-electron chi connectivity index (χ4n) is 0.684. The number of allylic oxidation sites excluding steroid dienone is 1. The number of nitrogens with one attached hydrogen (secondary N) is 2. The van der Waals surface area contributed by atoms with Gasteiger partial charge in [0.05, 0.1) is 19.2 Å². The van der Waals surface area contributed by atoms with Gasteiger partial charge in [0, 0.05) is 19.3 Å². The number of aliphatic imine (C=N–C) groups is 1. The first-order valence-electron chi connectivity index (χ1n) is 4.45. The van der Waals surface area contributed by atoms with E-state index in [2.05, 4.69) is 16.9 Å². The summed E-state index contributed by atoms with van der Waals surface area (Å²) in [6, 6.07) is 0. The van der Waals surface area contributed by atoms with Gasteiger partial charge in [-0.2, -0.15) is 0 Å². The molecule has 0 radical (unpaired) electrons. The summed E-state index contributed by atoms with van der Waals surface area (Å²) in [6.45, 7) is 6.86. The van der Waals surface area contributed by atoms with E-state index in [0.717, 1.165) is 12.2 Å². The van der Waals surface area contributed by atoms with Crippen LogP contribution in [0.5, 0.6) is 0 Å². The van der Waals surface area contributed by atoms with E-state index < -0.39 is 0 Å². The van der Waals surface area contributed by atoms with Crippen molar-refractivity contribution in [1.82, 2.24) is 10.2 Å². The molecule has 2 N–H and O–H groups in total. The molecule has 0 bridgehead atoms. The fraction of sp³-hybridized carbons (Fsp3) is 0.400. The van der Waals surface area contributed by atoms with Crippen LogP contribution in [0.3, 0.4) is 0 Å². The molecule has 0 aromatic rings. The molecule has 78 valence electrons. The molecular weight excluding hydrogens is 176 g/mol. The van der Waals surface area contributed by atoms with E-state index in [0.29, 0.717) is 6.54 Å². The van der Waals surface area contributed by atoms with E-state index in [1.165, 1.54) is 6.34 Å². The van der Waals surface area contributed by atoms with E-state index in [9.17, 15) is 0 Å². The number of hydrogen-bond acceptors (Lipinski definition) is 2. The van der Waals surface area contributed by atoms with Crippen LogP contribution in [0.4, 0.5) is 0 Å². The van der Waals surface area contributed by atoms with Crippen molar-refractivity contribution in [1.29, 1.82) is 5.41 Å². The molecule has 0 spiro atoms. The molecule has 0 saturated heterocycles. The zero-order valence-corrected chi connectivity index (χ0v) is 8.83. The molecule has 0 saturated carbocycles. The van der Waals surface area contributed by atoms with Gasteiger partial charge < -0.3 is 10.2 Å². The van der Waals surface area contributed by atoms with Crippen LogP contribution in [-0.2, 0) is 0 Å². The summed E-state index contributed by atoms with van der Waals surface area (Å²) in [7, 11) is 1.83. The second kappa shape index (κ2) is 8.04. The smallest absolute Gasteiger partial charge is 0.0856 e. The van der Waals surface area contributed by atoms with Gasteiger partial charge in [-0.15, -0.1) is 6.58 Å². The van der Waals surface area contributed by atoms with Crippen LogP contribution in [0.15, 0.2) is 29.4 Å². The van der Waals surface area contributed by atoms with Crippen LogP contribution >= 0.6 is 0 Å². The molecule has 0 aliphatic heterocycles. The Morgan fingerprint density at radius 3 is 2.93 bits per heavy atom. The predicted molar refractivity (Wildman–Crippen MR) is 61.9 cm³/mol. The van der Waals surface area contributed by atoms with Crippen molar-refractivity contribution in [2.24, 2.45) is 4.99 Å². The van der Waals surface area contributed by atoms with Crippen molar-refractivity contribution >= 4 is 12.7 Å². The molecular formula is C10H18N4. The summed E-state index contributed by atoms with van der Waals surface area (Å²) in [6.07, 6.45) is 6.66. The normalized spacial score (nSPS) is 11.4. The largest absolute Gasteiger partial charge is 0.373 e. The highest BCUT2D eigenvalue weighted by molar-refractivity contribution is 5.55. The van der Waals surface area contributed by atoms with Gasteiger partial charge in [0.2, 0.25) is 0 Å². The average molecular weight is 194 g/mol. The minimum Gasteiger partial charge on any atom is -0.373 e. The molecule has 0 aliphatic carbocycles. The lowest BCUT2D eigenvalue weighted by atomic mass is 10.4. The van der Waals surface area contributed by atoms with Crippen molar-refractivity contribution in [3.8, 4) is 0 Å². The van der Waals surface area contributed by atoms with Gasteiger partial charge in [0.1, 0.15) is 0 Å². The molecule has 0 unspecified atom stereocenters. The predicted octanol–water partition coefficient (Wildman–Crippen LogP) is 1.23. The van der Waals surface area contributed by atoms with Gasteiger partial charge in [0.15, 0.2) is 0 Å². The third-order valence-electron chi connectivity index (χ3n) is 1.69. The molecule has 0 aliphatic rings. The first-order valence-corrected chi connectivity index (χ1v) is 4.45. The van der Waals surface area contributed by atoms with Crippen LogP contribution < -0.4 is 5.32 Å². The zero-order chi connectivity index (χ0) is 10.8. The Hall–Kier alpha value is -1.58. The van der Waals surface area contributed by atoms with Crippen LogP contribution in [0.1, 0.15) is 6.92 Å². The lowest BCUT2D eigenvalue weighted by Gasteiger charge is -2.11. The number of hydrogen-bond donors (Lipinski definition) is 2. The van der Waals surface area contributed by atoms with Crippen LogP contribution in [0.2, 0.25) is 0 Å². The summed E-state index contributed by atoms with van der Waals surface area (Å²) < 4.78 is 0. The van der Waals surface area contributed by atoms with Gasteiger partial charge in [-0.3, -0.25) is 10.4 Å². The van der Waals surface area contributed by atoms with Crippen molar-refractivity contribution < 1.29 is 0 Å². The maximum atomic E-state index is 7.01. The molecule has 0 aromatic carbocycles. The standard InChI is InChI=1S/C10H18N4/c1-4-6-12-9-13-7-5-10(2)14(3)8-11/h4-5,8-9,11H,1,6-7H2,2-3H3,(H,12,13)/b10-5+,11-8?. The Balaban J connectivity index is 3.74. The van der Waals surface area contributed by atoms with Gasteiger partial charge in [-0.25, -0.2) is 0 Å². The molecule has 0 aromatic heterocycles. The third kappa shape index (κ3) is 5.99. The minimum absolute atomic E-state index is 0.619. The molecule has 0 heterocycles. The first-order chi connectivity index (χ1) is 6.72. The second-order valence-electron chi connectivity index (χ2n) is 2.78. The minimum atomic E-state index is 0.619. The second-order valence-corrected chi connectivity index (χ2v) is 2.78. The highest BCUT2D eigenvalue weighted by atomic mass is 15.1. The SMILES string of the molecule is C=CCNC=NC/C=C(\C)N(C)C=N. The lowest BCUT2D eigenvalue weighted by molar-refractivity contribution is 0.639. The van der Waals surface area contributed by atoms with Crippen molar-refractivity contribution in [3.05, 3.63) is 24.4 Å². The maximum absolute atomic E-state index is 7.01. The molecule has 4 nitrogen and oxygen atoms in total. The summed E-state index contributed by atoms with van der Waals surface area (Å²) in [5.74, 6) is 0. The molecule has 0 rings (SSSR count). The van der Waals surface area contributed by atoms with Crippen LogP contribution in [0.25, 0.3) is 0 Å². The van der Waals surface area contributed by atoms with Crippen molar-refractivity contribution in [2.75, 3.05) is 20.1 Å². The van der Waals surface area contributed by atoms with Crippen molar-refractivity contribution in [3.63, 3.8) is 0 Å². The number of nitrogens with zero attached hydrogens (tertiary/aromatic N) is 2. The van der Waals surface area contributed by atoms with Crippen LogP contribution in [0, 0.1) is 5.41 Å². The molecule has 0 atom stereocenters. The Bertz CT molecular complexity index is 230. The average Bonchev–Trinajstić information content (AvgIpc) is 2.21. The highest BCUT2D eigenvalue weighted by Crippen LogP contribution is 1.95. The molecule has 0 fully saturated rings. The van der Waals surface area contributed by atoms with Gasteiger partial charge in [-0.1, -0.05) is 6.08 Å². The van der Waals surface area contributed by atoms with Gasteiger partial charge in [0.25, 0.3) is 0 Å². The third-order valence-corrected chi connectivity index (χ3v) is 1.69. The quantitative estimate of drug-likeness (QED) is 0.277. The first kappa shape index (κ1) is 12.4. The molecule has 4 heteroatoms. The summed E-state index contributed by atoms with van der Waals surface area (Å²) in [5.41, 5.74) is 1.01. The Morgan fingerprint density at radius 2 is 2.36 bits per heavy atom. The highest BCUT2D eigenvalue weighted by Gasteiger charge is 1.90. The van der Waals surface area contributed by atoms with Crippen LogP contribution in [-0.4, -0.2) is 37.7 Å².